The van der Waals surface area contributed by atoms with E-state index >= 15 is 0 Å². The summed E-state index contributed by atoms with van der Waals surface area (Å²) in [5.74, 6) is 0.597. The fourth-order valence-electron chi connectivity index (χ4n) is 2.02. The summed E-state index contributed by atoms with van der Waals surface area (Å²) < 4.78 is 0.995. The lowest BCUT2D eigenvalue weighted by Crippen LogP contribution is -2.13. The first-order valence-corrected chi connectivity index (χ1v) is 8.17. The number of hydrogen-bond donors (Lipinski definition) is 2. The molecule has 0 saturated carbocycles. The number of rotatable bonds is 6. The molecule has 0 aliphatic carbocycles. The summed E-state index contributed by atoms with van der Waals surface area (Å²) in [6, 6.07) is 9.26. The SMILES string of the molecule is CCCCNc1cc(C(=O)Nc2ccc(Br)cc2C)ccn1. The molecule has 0 atom stereocenters. The van der Waals surface area contributed by atoms with Crippen molar-refractivity contribution >= 4 is 33.3 Å². The second-order valence-corrected chi connectivity index (χ2v) is 6.04. The van der Waals surface area contributed by atoms with E-state index in [2.05, 4.69) is 38.5 Å². The number of nitrogens with one attached hydrogen (secondary N) is 2. The maximum absolute atomic E-state index is 12.4. The van der Waals surface area contributed by atoms with Crippen molar-refractivity contribution in [2.45, 2.75) is 26.7 Å². The third-order valence-corrected chi connectivity index (χ3v) is 3.79. The van der Waals surface area contributed by atoms with E-state index < -0.39 is 0 Å². The highest BCUT2D eigenvalue weighted by Crippen LogP contribution is 2.21. The van der Waals surface area contributed by atoms with E-state index in [9.17, 15) is 4.79 Å². The molecule has 0 aliphatic rings. The van der Waals surface area contributed by atoms with Crippen LogP contribution in [0.3, 0.4) is 0 Å². The van der Waals surface area contributed by atoms with E-state index in [-0.39, 0.29) is 5.91 Å². The number of amides is 1. The molecule has 0 saturated heterocycles. The van der Waals surface area contributed by atoms with Gasteiger partial charge in [-0.25, -0.2) is 4.98 Å². The van der Waals surface area contributed by atoms with Gasteiger partial charge in [0, 0.05) is 28.5 Å². The second kappa shape index (κ2) is 7.94. The average molecular weight is 362 g/mol. The molecule has 1 heterocycles. The summed E-state index contributed by atoms with van der Waals surface area (Å²) >= 11 is 3.42. The summed E-state index contributed by atoms with van der Waals surface area (Å²) in [4.78, 5) is 16.6. The topological polar surface area (TPSA) is 54.0 Å². The molecule has 2 N–H and O–H groups in total. The van der Waals surface area contributed by atoms with Crippen molar-refractivity contribution in [1.29, 1.82) is 0 Å². The molecule has 2 rings (SSSR count). The number of benzene rings is 1. The Morgan fingerprint density at radius 1 is 1.27 bits per heavy atom. The Bertz CT molecular complexity index is 658. The van der Waals surface area contributed by atoms with Gasteiger partial charge in [0.25, 0.3) is 5.91 Å². The fourth-order valence-corrected chi connectivity index (χ4v) is 2.50. The standard InChI is InChI=1S/C17H20BrN3O/c1-3-4-8-19-16-11-13(7-9-20-16)17(22)21-15-6-5-14(18)10-12(15)2/h5-7,9-11H,3-4,8H2,1-2H3,(H,19,20)(H,21,22). The molecule has 22 heavy (non-hydrogen) atoms. The van der Waals surface area contributed by atoms with Crippen LogP contribution in [-0.2, 0) is 0 Å². The number of aryl methyl sites for hydroxylation is 1. The summed E-state index contributed by atoms with van der Waals surface area (Å²) in [6.07, 6.45) is 3.85. The number of pyridine rings is 1. The monoisotopic (exact) mass is 361 g/mol. The first-order valence-electron chi connectivity index (χ1n) is 7.37. The zero-order chi connectivity index (χ0) is 15.9. The van der Waals surface area contributed by atoms with Crippen molar-refractivity contribution in [3.05, 3.63) is 52.1 Å². The molecule has 116 valence electrons. The van der Waals surface area contributed by atoms with E-state index in [1.54, 1.807) is 18.3 Å². The van der Waals surface area contributed by atoms with Crippen molar-refractivity contribution in [1.82, 2.24) is 4.98 Å². The Morgan fingerprint density at radius 3 is 2.82 bits per heavy atom. The number of aromatic nitrogens is 1. The van der Waals surface area contributed by atoms with Gasteiger partial charge in [0.1, 0.15) is 5.82 Å². The molecule has 5 heteroatoms. The van der Waals surface area contributed by atoms with Gasteiger partial charge >= 0.3 is 0 Å². The molecule has 1 aromatic heterocycles. The highest BCUT2D eigenvalue weighted by molar-refractivity contribution is 9.10. The van der Waals surface area contributed by atoms with Gasteiger partial charge in [0.05, 0.1) is 0 Å². The third-order valence-electron chi connectivity index (χ3n) is 3.30. The molecule has 0 spiro atoms. The van der Waals surface area contributed by atoms with Gasteiger partial charge in [-0.3, -0.25) is 4.79 Å². The minimum atomic E-state index is -0.133. The second-order valence-electron chi connectivity index (χ2n) is 5.12. The molecule has 0 bridgehead atoms. The quantitative estimate of drug-likeness (QED) is 0.738. The third kappa shape index (κ3) is 4.56. The summed E-state index contributed by atoms with van der Waals surface area (Å²) in [7, 11) is 0. The number of carbonyl (C=O) groups excluding carboxylic acids is 1. The minimum Gasteiger partial charge on any atom is -0.370 e. The molecule has 4 nitrogen and oxygen atoms in total. The summed E-state index contributed by atoms with van der Waals surface area (Å²) in [5, 5.41) is 6.16. The molecule has 0 fully saturated rings. The lowest BCUT2D eigenvalue weighted by molar-refractivity contribution is 0.102. The number of unbranched alkanes of at least 4 members (excludes halogenated alkanes) is 1. The van der Waals surface area contributed by atoms with E-state index in [1.165, 1.54) is 0 Å². The number of nitrogens with zero attached hydrogens (tertiary/aromatic N) is 1. The van der Waals surface area contributed by atoms with Crippen LogP contribution in [0.1, 0.15) is 35.7 Å². The molecule has 0 radical (unpaired) electrons. The molecule has 2 aromatic rings. The molecule has 1 amide bonds. The average Bonchev–Trinajstić information content (AvgIpc) is 2.50. The van der Waals surface area contributed by atoms with Gasteiger partial charge in [-0.2, -0.15) is 0 Å². The first-order chi connectivity index (χ1) is 10.6. The van der Waals surface area contributed by atoms with E-state index in [0.29, 0.717) is 5.56 Å². The predicted octanol–water partition coefficient (Wildman–Crippen LogP) is 4.62. The van der Waals surface area contributed by atoms with Crippen molar-refractivity contribution in [3.63, 3.8) is 0 Å². The van der Waals surface area contributed by atoms with Crippen molar-refractivity contribution in [2.75, 3.05) is 17.2 Å². The number of carbonyl (C=O) groups is 1. The van der Waals surface area contributed by atoms with Gasteiger partial charge in [0.2, 0.25) is 0 Å². The smallest absolute Gasteiger partial charge is 0.255 e. The minimum absolute atomic E-state index is 0.133. The molecular weight excluding hydrogens is 342 g/mol. The molecule has 0 aliphatic heterocycles. The van der Waals surface area contributed by atoms with Gasteiger partial charge in [-0.05, 0) is 49.2 Å². The first kappa shape index (κ1) is 16.5. The van der Waals surface area contributed by atoms with Crippen LogP contribution in [-0.4, -0.2) is 17.4 Å². The van der Waals surface area contributed by atoms with Crippen LogP contribution >= 0.6 is 15.9 Å². The van der Waals surface area contributed by atoms with Crippen LogP contribution in [0, 0.1) is 6.92 Å². The van der Waals surface area contributed by atoms with Gasteiger partial charge in [-0.15, -0.1) is 0 Å². The van der Waals surface area contributed by atoms with Crippen LogP contribution in [0.25, 0.3) is 0 Å². The summed E-state index contributed by atoms with van der Waals surface area (Å²) in [5.41, 5.74) is 2.42. The van der Waals surface area contributed by atoms with E-state index in [1.807, 2.05) is 25.1 Å². The highest BCUT2D eigenvalue weighted by Gasteiger charge is 2.09. The van der Waals surface area contributed by atoms with Crippen molar-refractivity contribution in [3.8, 4) is 0 Å². The fraction of sp³-hybridized carbons (Fsp3) is 0.294. The zero-order valence-electron chi connectivity index (χ0n) is 12.8. The van der Waals surface area contributed by atoms with Crippen LogP contribution in [0.5, 0.6) is 0 Å². The highest BCUT2D eigenvalue weighted by atomic mass is 79.9. The van der Waals surface area contributed by atoms with E-state index in [0.717, 1.165) is 40.9 Å². The summed E-state index contributed by atoms with van der Waals surface area (Å²) in [6.45, 7) is 4.96. The van der Waals surface area contributed by atoms with Gasteiger partial charge < -0.3 is 10.6 Å². The Hall–Kier alpha value is -1.88. The number of hydrogen-bond acceptors (Lipinski definition) is 3. The molecular formula is C17H20BrN3O. The lowest BCUT2D eigenvalue weighted by atomic mass is 10.2. The van der Waals surface area contributed by atoms with Crippen molar-refractivity contribution in [2.24, 2.45) is 0 Å². The van der Waals surface area contributed by atoms with Gasteiger partial charge in [0.15, 0.2) is 0 Å². The number of halogens is 1. The Morgan fingerprint density at radius 2 is 2.09 bits per heavy atom. The normalized spacial score (nSPS) is 10.3. The Balaban J connectivity index is 2.07. The number of anilines is 2. The lowest BCUT2D eigenvalue weighted by Gasteiger charge is -2.10. The Labute approximate surface area is 139 Å². The maximum atomic E-state index is 12.4. The van der Waals surface area contributed by atoms with Gasteiger partial charge in [-0.1, -0.05) is 29.3 Å². The van der Waals surface area contributed by atoms with Crippen molar-refractivity contribution < 1.29 is 4.79 Å². The molecule has 0 unspecified atom stereocenters. The van der Waals surface area contributed by atoms with Crippen LogP contribution in [0.15, 0.2) is 41.0 Å². The Kier molecular flexibility index (Phi) is 5.95. The maximum Gasteiger partial charge on any atom is 0.255 e. The van der Waals surface area contributed by atoms with Crippen LogP contribution in [0.2, 0.25) is 0 Å². The molecule has 1 aromatic carbocycles. The van der Waals surface area contributed by atoms with Crippen LogP contribution < -0.4 is 10.6 Å². The zero-order valence-corrected chi connectivity index (χ0v) is 14.4. The predicted molar refractivity (Wildman–Crippen MR) is 94.5 cm³/mol. The van der Waals surface area contributed by atoms with Crippen LogP contribution in [0.4, 0.5) is 11.5 Å². The van der Waals surface area contributed by atoms with E-state index in [4.69, 9.17) is 0 Å². The largest absolute Gasteiger partial charge is 0.370 e.